The molecule has 0 saturated carbocycles. The highest BCUT2D eigenvalue weighted by atomic mass is 32.2. The summed E-state index contributed by atoms with van der Waals surface area (Å²) in [5.74, 6) is -0.0256. The van der Waals surface area contributed by atoms with Crippen LogP contribution in [0, 0.1) is 6.92 Å². The van der Waals surface area contributed by atoms with Gasteiger partial charge in [-0.2, -0.15) is 0 Å². The van der Waals surface area contributed by atoms with E-state index in [-0.39, 0.29) is 10.6 Å². The summed E-state index contributed by atoms with van der Waals surface area (Å²) in [6, 6.07) is 3.39. The molecule has 0 radical (unpaired) electrons. The summed E-state index contributed by atoms with van der Waals surface area (Å²) in [4.78, 5) is -0.321. The zero-order chi connectivity index (χ0) is 9.35. The molecular weight excluding hydrogens is 180 g/mol. The third kappa shape index (κ3) is 1.75. The summed E-state index contributed by atoms with van der Waals surface area (Å²) in [5, 5.41) is 9.01. The van der Waals surface area contributed by atoms with Crippen molar-refractivity contribution in [3.8, 4) is 5.75 Å². The SMILES string of the molecule is Cc1cc(S(=O)(=O)[O-])ccc1O. The Labute approximate surface area is 70.2 Å². The quantitative estimate of drug-likeness (QED) is 0.653. The van der Waals surface area contributed by atoms with Crippen LogP contribution in [0.4, 0.5) is 0 Å². The van der Waals surface area contributed by atoms with Crippen molar-refractivity contribution in [3.63, 3.8) is 0 Å². The predicted molar refractivity (Wildman–Crippen MR) is 40.8 cm³/mol. The first-order valence-electron chi connectivity index (χ1n) is 3.17. The molecule has 4 nitrogen and oxygen atoms in total. The summed E-state index contributed by atoms with van der Waals surface area (Å²) < 4.78 is 31.4. The maximum absolute atomic E-state index is 10.5. The zero-order valence-corrected chi connectivity index (χ0v) is 7.13. The fourth-order valence-electron chi connectivity index (χ4n) is 0.783. The van der Waals surface area contributed by atoms with Crippen molar-refractivity contribution in [2.45, 2.75) is 11.8 Å². The highest BCUT2D eigenvalue weighted by molar-refractivity contribution is 7.85. The highest BCUT2D eigenvalue weighted by Gasteiger charge is 2.02. The molecule has 12 heavy (non-hydrogen) atoms. The van der Waals surface area contributed by atoms with Crippen molar-refractivity contribution < 1.29 is 18.1 Å². The highest BCUT2D eigenvalue weighted by Crippen LogP contribution is 2.19. The number of aryl methyl sites for hydroxylation is 1. The van der Waals surface area contributed by atoms with Gasteiger partial charge in [0.15, 0.2) is 0 Å². The number of benzene rings is 1. The van der Waals surface area contributed by atoms with Crippen LogP contribution >= 0.6 is 0 Å². The third-order valence-electron chi connectivity index (χ3n) is 1.46. The molecule has 0 atom stereocenters. The van der Waals surface area contributed by atoms with E-state index < -0.39 is 10.1 Å². The van der Waals surface area contributed by atoms with Crippen LogP contribution in [-0.2, 0) is 10.1 Å². The lowest BCUT2D eigenvalue weighted by molar-refractivity contribution is 0.460. The minimum absolute atomic E-state index is 0.0256. The first-order valence-corrected chi connectivity index (χ1v) is 4.57. The van der Waals surface area contributed by atoms with Gasteiger partial charge in [-0.15, -0.1) is 0 Å². The van der Waals surface area contributed by atoms with Crippen LogP contribution in [0.5, 0.6) is 5.75 Å². The lowest BCUT2D eigenvalue weighted by atomic mass is 10.2. The first kappa shape index (κ1) is 9.02. The van der Waals surface area contributed by atoms with Crippen LogP contribution in [0.15, 0.2) is 23.1 Å². The molecule has 0 bridgehead atoms. The van der Waals surface area contributed by atoms with Gasteiger partial charge in [0.1, 0.15) is 15.9 Å². The maximum Gasteiger partial charge on any atom is 0.124 e. The molecule has 0 aliphatic rings. The van der Waals surface area contributed by atoms with E-state index in [0.29, 0.717) is 5.56 Å². The van der Waals surface area contributed by atoms with Gasteiger partial charge in [0.25, 0.3) is 0 Å². The van der Waals surface area contributed by atoms with Gasteiger partial charge in [-0.05, 0) is 30.7 Å². The molecule has 0 unspecified atom stereocenters. The Morgan fingerprint density at radius 2 is 2.00 bits per heavy atom. The van der Waals surface area contributed by atoms with Gasteiger partial charge in [-0.1, -0.05) is 0 Å². The van der Waals surface area contributed by atoms with Gasteiger partial charge in [0.05, 0.1) is 4.90 Å². The van der Waals surface area contributed by atoms with Crippen molar-refractivity contribution in [1.29, 1.82) is 0 Å². The lowest BCUT2D eigenvalue weighted by Crippen LogP contribution is -1.98. The second-order valence-corrected chi connectivity index (χ2v) is 3.78. The molecular formula is C7H7O4S-. The molecule has 0 aromatic heterocycles. The number of aromatic hydroxyl groups is 1. The Kier molecular flexibility index (Phi) is 2.08. The van der Waals surface area contributed by atoms with Gasteiger partial charge in [0, 0.05) is 0 Å². The molecule has 0 saturated heterocycles. The van der Waals surface area contributed by atoms with Crippen LogP contribution in [0.1, 0.15) is 5.56 Å². The molecule has 0 amide bonds. The van der Waals surface area contributed by atoms with Crippen LogP contribution in [0.2, 0.25) is 0 Å². The zero-order valence-electron chi connectivity index (χ0n) is 6.31. The van der Waals surface area contributed by atoms with Gasteiger partial charge >= 0.3 is 0 Å². The maximum atomic E-state index is 10.5. The van der Waals surface area contributed by atoms with Crippen LogP contribution in [-0.4, -0.2) is 18.1 Å². The molecule has 0 heterocycles. The first-order chi connectivity index (χ1) is 5.41. The summed E-state index contributed by atoms with van der Waals surface area (Å²) >= 11 is 0. The van der Waals surface area contributed by atoms with Crippen molar-refractivity contribution in [1.82, 2.24) is 0 Å². The Hall–Kier alpha value is -1.07. The van der Waals surface area contributed by atoms with Crippen molar-refractivity contribution in [3.05, 3.63) is 23.8 Å². The molecule has 1 N–H and O–H groups in total. The van der Waals surface area contributed by atoms with E-state index in [2.05, 4.69) is 0 Å². The molecule has 0 aliphatic carbocycles. The lowest BCUT2D eigenvalue weighted by Gasteiger charge is -2.07. The normalized spacial score (nSPS) is 11.5. The van der Waals surface area contributed by atoms with Crippen molar-refractivity contribution >= 4 is 10.1 Å². The van der Waals surface area contributed by atoms with E-state index in [4.69, 9.17) is 5.11 Å². The Morgan fingerprint density at radius 3 is 2.42 bits per heavy atom. The summed E-state index contributed by atoms with van der Waals surface area (Å²) in [7, 11) is -4.40. The number of hydrogen-bond acceptors (Lipinski definition) is 4. The van der Waals surface area contributed by atoms with Gasteiger partial charge in [-0.3, -0.25) is 0 Å². The second-order valence-electron chi connectivity index (χ2n) is 2.40. The molecule has 5 heteroatoms. The smallest absolute Gasteiger partial charge is 0.124 e. The Bertz CT molecular complexity index is 394. The monoisotopic (exact) mass is 187 g/mol. The fraction of sp³-hybridized carbons (Fsp3) is 0.143. The molecule has 66 valence electrons. The van der Waals surface area contributed by atoms with E-state index in [1.165, 1.54) is 13.0 Å². The number of rotatable bonds is 1. The van der Waals surface area contributed by atoms with Gasteiger partial charge < -0.3 is 9.66 Å². The third-order valence-corrected chi connectivity index (χ3v) is 2.29. The number of phenolic OH excluding ortho intramolecular Hbond substituents is 1. The van der Waals surface area contributed by atoms with E-state index in [9.17, 15) is 13.0 Å². The molecule has 0 spiro atoms. The summed E-state index contributed by atoms with van der Waals surface area (Å²) in [5.41, 5.74) is 0.368. The number of hydrogen-bond donors (Lipinski definition) is 1. The molecule has 0 aliphatic heterocycles. The minimum atomic E-state index is -4.40. The topological polar surface area (TPSA) is 77.4 Å². The van der Waals surface area contributed by atoms with E-state index in [0.717, 1.165) is 12.1 Å². The van der Waals surface area contributed by atoms with Crippen molar-refractivity contribution in [2.24, 2.45) is 0 Å². The van der Waals surface area contributed by atoms with Gasteiger partial charge in [-0.25, -0.2) is 8.42 Å². The summed E-state index contributed by atoms with van der Waals surface area (Å²) in [6.07, 6.45) is 0. The molecule has 0 fully saturated rings. The van der Waals surface area contributed by atoms with E-state index >= 15 is 0 Å². The van der Waals surface area contributed by atoms with Gasteiger partial charge in [0.2, 0.25) is 0 Å². The fourth-order valence-corrected chi connectivity index (χ4v) is 1.34. The number of phenols is 1. The van der Waals surface area contributed by atoms with Crippen LogP contribution in [0.3, 0.4) is 0 Å². The Morgan fingerprint density at radius 1 is 1.42 bits per heavy atom. The molecule has 1 aromatic carbocycles. The second kappa shape index (κ2) is 2.76. The van der Waals surface area contributed by atoms with E-state index in [1.54, 1.807) is 0 Å². The van der Waals surface area contributed by atoms with Crippen molar-refractivity contribution in [2.75, 3.05) is 0 Å². The average molecular weight is 187 g/mol. The predicted octanol–water partition coefficient (Wildman–Crippen LogP) is 0.605. The minimum Gasteiger partial charge on any atom is -0.744 e. The average Bonchev–Trinajstić information content (AvgIpc) is 1.92. The largest absolute Gasteiger partial charge is 0.744 e. The van der Waals surface area contributed by atoms with E-state index in [1.807, 2.05) is 0 Å². The van der Waals surface area contributed by atoms with Crippen LogP contribution < -0.4 is 0 Å². The van der Waals surface area contributed by atoms with Crippen LogP contribution in [0.25, 0.3) is 0 Å². The standard InChI is InChI=1S/C7H8O4S/c1-5-4-6(12(9,10)11)2-3-7(5)8/h2-4,8H,1H3,(H,9,10,11)/p-1. The molecule has 1 rings (SSSR count). The summed E-state index contributed by atoms with van der Waals surface area (Å²) in [6.45, 7) is 1.52. The Balaban J connectivity index is 3.33. The molecule has 1 aromatic rings.